The topological polar surface area (TPSA) is 55.4 Å². The Hall–Kier alpha value is -1.26. The van der Waals surface area contributed by atoms with Crippen molar-refractivity contribution >= 4 is 17.2 Å². The molecule has 2 heterocycles. The lowest BCUT2D eigenvalue weighted by Crippen LogP contribution is -2.05. The lowest BCUT2D eigenvalue weighted by molar-refractivity contribution is 0.179. The van der Waals surface area contributed by atoms with Crippen molar-refractivity contribution in [2.45, 2.75) is 38.5 Å². The van der Waals surface area contributed by atoms with Gasteiger partial charge in [0.2, 0.25) is 0 Å². The van der Waals surface area contributed by atoms with Gasteiger partial charge in [0.05, 0.1) is 26.4 Å². The molecule has 0 bridgehead atoms. The Morgan fingerprint density at radius 2 is 0.867 bits per heavy atom. The number of rotatable bonds is 5. The van der Waals surface area contributed by atoms with Crippen molar-refractivity contribution in [3.63, 3.8) is 0 Å². The summed E-state index contributed by atoms with van der Waals surface area (Å²) in [6.45, 7) is 2.64. The Morgan fingerprint density at radius 1 is 0.500 bits per heavy atom. The van der Waals surface area contributed by atoms with Crippen molar-refractivity contribution < 1.29 is 27.1 Å². The third kappa shape index (κ3) is 6.37. The van der Waals surface area contributed by atoms with E-state index in [4.69, 9.17) is 27.1 Å². The van der Waals surface area contributed by atoms with Crippen molar-refractivity contribution in [2.75, 3.05) is 26.4 Å². The molecule has 2 aliphatic heterocycles. The summed E-state index contributed by atoms with van der Waals surface area (Å²) in [6, 6.07) is 15.8. The molecule has 0 spiro atoms. The van der Waals surface area contributed by atoms with Gasteiger partial charge in [-0.15, -0.1) is 0 Å². The third-order valence-electron chi connectivity index (χ3n) is 4.77. The molecule has 0 saturated carbocycles. The van der Waals surface area contributed by atoms with Gasteiger partial charge in [0, 0.05) is 11.1 Å². The van der Waals surface area contributed by atoms with Crippen LogP contribution in [-0.2, 0) is 18.1 Å². The molecule has 0 unspecified atom stereocenters. The number of benzene rings is 2. The van der Waals surface area contributed by atoms with Crippen LogP contribution in [0.15, 0.2) is 48.5 Å². The number of para-hydroxylation sites is 2. The second-order valence-electron chi connectivity index (χ2n) is 7.08. The van der Waals surface area contributed by atoms with E-state index in [0.717, 1.165) is 49.7 Å². The summed E-state index contributed by atoms with van der Waals surface area (Å²) in [5.41, 5.74) is 1.85. The summed E-state index contributed by atoms with van der Waals surface area (Å²) in [7, 11) is -2.83. The predicted molar refractivity (Wildman–Crippen MR) is 118 cm³/mol. The summed E-state index contributed by atoms with van der Waals surface area (Å²) in [4.78, 5) is 0. The standard InChI is InChI=1S/C22H28O6P2/c1-7-15-23-29(24-16-8-1)27-21-13-5-3-11-19(21)20-12-4-6-14-22(20)28-30-25-17-9-2-10-18-26-30/h3-6,11-14H,1-2,7-10,15-18H2. The van der Waals surface area contributed by atoms with Crippen LogP contribution in [0.4, 0.5) is 0 Å². The molecular weight excluding hydrogens is 422 g/mol. The first kappa shape index (κ1) is 22.0. The zero-order valence-corrected chi connectivity index (χ0v) is 18.8. The highest BCUT2D eigenvalue weighted by atomic mass is 31.2. The molecule has 162 valence electrons. The van der Waals surface area contributed by atoms with Gasteiger partial charge in [0.25, 0.3) is 0 Å². The molecule has 8 heteroatoms. The fourth-order valence-corrected chi connectivity index (χ4v) is 5.31. The van der Waals surface area contributed by atoms with Crippen molar-refractivity contribution in [3.05, 3.63) is 48.5 Å². The highest BCUT2D eigenvalue weighted by molar-refractivity contribution is 7.42. The minimum absolute atomic E-state index is 0.659. The summed E-state index contributed by atoms with van der Waals surface area (Å²) in [5.74, 6) is 1.43. The van der Waals surface area contributed by atoms with Gasteiger partial charge in [-0.1, -0.05) is 36.4 Å². The maximum atomic E-state index is 6.17. The van der Waals surface area contributed by atoms with Gasteiger partial charge >= 0.3 is 17.2 Å². The summed E-state index contributed by atoms with van der Waals surface area (Å²) >= 11 is 0. The monoisotopic (exact) mass is 450 g/mol. The zero-order valence-electron chi connectivity index (χ0n) is 17.0. The Bertz CT molecular complexity index is 708. The maximum Gasteiger partial charge on any atom is 0.397 e. The van der Waals surface area contributed by atoms with Crippen molar-refractivity contribution in [2.24, 2.45) is 0 Å². The highest BCUT2D eigenvalue weighted by Crippen LogP contribution is 2.49. The largest absolute Gasteiger partial charge is 0.426 e. The van der Waals surface area contributed by atoms with Crippen molar-refractivity contribution in [1.82, 2.24) is 0 Å². The predicted octanol–water partition coefficient (Wildman–Crippen LogP) is 7.00. The number of hydrogen-bond donors (Lipinski definition) is 0. The Labute approximate surface area is 180 Å². The molecule has 0 aromatic heterocycles. The first-order valence-corrected chi connectivity index (χ1v) is 12.8. The van der Waals surface area contributed by atoms with Crippen molar-refractivity contribution in [1.29, 1.82) is 0 Å². The highest BCUT2D eigenvalue weighted by Gasteiger charge is 2.22. The fraction of sp³-hybridized carbons (Fsp3) is 0.455. The molecule has 0 N–H and O–H groups in total. The van der Waals surface area contributed by atoms with E-state index in [1.807, 2.05) is 48.5 Å². The van der Waals surface area contributed by atoms with Gasteiger partial charge in [0.15, 0.2) is 0 Å². The van der Waals surface area contributed by atoms with E-state index in [1.54, 1.807) is 0 Å². The van der Waals surface area contributed by atoms with Crippen LogP contribution in [0.2, 0.25) is 0 Å². The molecule has 0 aliphatic carbocycles. The fourth-order valence-electron chi connectivity index (χ4n) is 3.20. The second kappa shape index (κ2) is 12.0. The van der Waals surface area contributed by atoms with E-state index in [0.29, 0.717) is 37.9 Å². The average molecular weight is 450 g/mol. The van der Waals surface area contributed by atoms with Gasteiger partial charge in [0.1, 0.15) is 11.5 Å². The number of hydrogen-bond acceptors (Lipinski definition) is 6. The zero-order chi connectivity index (χ0) is 20.4. The molecule has 2 aromatic carbocycles. The third-order valence-corrected chi connectivity index (χ3v) is 7.04. The van der Waals surface area contributed by atoms with E-state index in [1.165, 1.54) is 0 Å². The maximum absolute atomic E-state index is 6.17. The molecule has 6 nitrogen and oxygen atoms in total. The van der Waals surface area contributed by atoms with E-state index in [9.17, 15) is 0 Å². The smallest absolute Gasteiger partial charge is 0.397 e. The molecule has 0 amide bonds. The van der Waals surface area contributed by atoms with Gasteiger partial charge in [-0.05, 0) is 50.7 Å². The van der Waals surface area contributed by atoms with Gasteiger partial charge in [-0.25, -0.2) is 0 Å². The van der Waals surface area contributed by atoms with Gasteiger partial charge < -0.3 is 27.1 Å². The average Bonchev–Trinajstić information content (AvgIpc) is 2.73. The van der Waals surface area contributed by atoms with Crippen LogP contribution >= 0.6 is 17.2 Å². The van der Waals surface area contributed by atoms with Gasteiger partial charge in [-0.3, -0.25) is 0 Å². The minimum Gasteiger partial charge on any atom is -0.426 e. The quantitative estimate of drug-likeness (QED) is 0.457. The van der Waals surface area contributed by atoms with E-state index >= 15 is 0 Å². The molecule has 4 rings (SSSR count). The molecular formula is C22H28O6P2. The molecule has 0 radical (unpaired) electrons. The molecule has 2 aromatic rings. The molecule has 2 fully saturated rings. The first-order valence-electron chi connectivity index (χ1n) is 10.6. The summed E-state index contributed by atoms with van der Waals surface area (Å²) < 4.78 is 35.6. The SMILES string of the molecule is c1ccc(-c2ccccc2OP2OCCCCCO2)c(OP2OCCCCCO2)c1. The van der Waals surface area contributed by atoms with E-state index in [2.05, 4.69) is 0 Å². The summed E-state index contributed by atoms with van der Waals surface area (Å²) in [5, 5.41) is 0. The second-order valence-corrected chi connectivity index (χ2v) is 9.37. The minimum atomic E-state index is -1.42. The van der Waals surface area contributed by atoms with Crippen LogP contribution in [0.1, 0.15) is 38.5 Å². The van der Waals surface area contributed by atoms with Crippen LogP contribution in [0.5, 0.6) is 11.5 Å². The van der Waals surface area contributed by atoms with Crippen LogP contribution in [0.3, 0.4) is 0 Å². The molecule has 2 aliphatic rings. The van der Waals surface area contributed by atoms with Crippen LogP contribution < -0.4 is 9.05 Å². The lowest BCUT2D eigenvalue weighted by atomic mass is 10.0. The van der Waals surface area contributed by atoms with Crippen LogP contribution in [0.25, 0.3) is 11.1 Å². The van der Waals surface area contributed by atoms with Gasteiger partial charge in [-0.2, -0.15) is 0 Å². The van der Waals surface area contributed by atoms with Crippen LogP contribution in [-0.4, -0.2) is 26.4 Å². The van der Waals surface area contributed by atoms with Crippen LogP contribution in [0, 0.1) is 0 Å². The molecule has 2 saturated heterocycles. The Balaban J connectivity index is 1.53. The Morgan fingerprint density at radius 3 is 1.27 bits per heavy atom. The summed E-state index contributed by atoms with van der Waals surface area (Å²) in [6.07, 6.45) is 6.39. The van der Waals surface area contributed by atoms with Crippen molar-refractivity contribution in [3.8, 4) is 22.6 Å². The van der Waals surface area contributed by atoms with E-state index in [-0.39, 0.29) is 0 Å². The molecule has 0 atom stereocenters. The lowest BCUT2D eigenvalue weighted by Gasteiger charge is -2.23. The Kier molecular flexibility index (Phi) is 8.74. The first-order chi connectivity index (χ1) is 14.9. The molecule has 30 heavy (non-hydrogen) atoms. The van der Waals surface area contributed by atoms with E-state index < -0.39 is 17.2 Å². The normalized spacial score (nSPS) is 19.9.